The van der Waals surface area contributed by atoms with Crippen LogP contribution in [0.4, 0.5) is 8.78 Å². The van der Waals surface area contributed by atoms with Crippen molar-refractivity contribution < 1.29 is 23.5 Å². The van der Waals surface area contributed by atoms with E-state index in [1.54, 1.807) is 23.1 Å². The second-order valence-electron chi connectivity index (χ2n) is 11.4. The molecular formula is C32H45F2N3O3. The van der Waals surface area contributed by atoms with Gasteiger partial charge in [0, 0.05) is 42.9 Å². The molecule has 0 aromatic heterocycles. The molecule has 4 atom stereocenters. The van der Waals surface area contributed by atoms with Crippen molar-refractivity contribution in [2.75, 3.05) is 19.6 Å². The molecule has 3 rings (SSSR count). The lowest BCUT2D eigenvalue weighted by molar-refractivity contribution is 0.0755. The summed E-state index contributed by atoms with van der Waals surface area (Å²) in [4.78, 5) is 28.5. The second kappa shape index (κ2) is 15.2. The van der Waals surface area contributed by atoms with Gasteiger partial charge in [-0.05, 0) is 86.4 Å². The first-order valence-electron chi connectivity index (χ1n) is 14.7. The predicted molar refractivity (Wildman–Crippen MR) is 154 cm³/mol. The van der Waals surface area contributed by atoms with E-state index in [-0.39, 0.29) is 24.9 Å². The fourth-order valence-electron chi connectivity index (χ4n) is 5.64. The number of carbonyl (C=O) groups excluding carboxylic acids is 2. The normalized spacial score (nSPS) is 18.7. The molecule has 220 valence electrons. The third-order valence-electron chi connectivity index (χ3n) is 7.57. The van der Waals surface area contributed by atoms with Gasteiger partial charge in [0.25, 0.3) is 11.8 Å². The number of aryl methyl sites for hydroxylation is 1. The van der Waals surface area contributed by atoms with Gasteiger partial charge in [-0.2, -0.15) is 0 Å². The molecule has 0 heterocycles. The lowest BCUT2D eigenvalue weighted by atomic mass is 9.87. The molecule has 1 fully saturated rings. The molecule has 6 nitrogen and oxygen atoms in total. The summed E-state index contributed by atoms with van der Waals surface area (Å²) >= 11 is 0. The zero-order valence-corrected chi connectivity index (χ0v) is 24.3. The molecule has 3 N–H and O–H groups in total. The van der Waals surface area contributed by atoms with Crippen molar-refractivity contribution in [3.63, 3.8) is 0 Å². The molecule has 2 aromatic rings. The van der Waals surface area contributed by atoms with Crippen LogP contribution in [-0.4, -0.2) is 59.6 Å². The molecule has 0 saturated heterocycles. The molecule has 0 radical (unpaired) electrons. The molecule has 1 aliphatic rings. The lowest BCUT2D eigenvalue weighted by Crippen LogP contribution is -2.50. The standard InChI is InChI=1S/C32H45F2N3O3/c1-5-10-37(11-6-2)32(40)25-13-22(4)12-24(18-25)31(39)36-29(17-23-15-26(33)19-27(34)16-23)30(38)20-35-28-9-7-8-21(3)14-28/h12-13,15-16,18-19,21,28-30,35,38H,5-11,14,17,20H2,1-4H3,(H,36,39)/t21?,28?,29-,30+/m0/s1. The quantitative estimate of drug-likeness (QED) is 0.308. The summed E-state index contributed by atoms with van der Waals surface area (Å²) in [6.07, 6.45) is 5.08. The first-order valence-corrected chi connectivity index (χ1v) is 14.7. The highest BCUT2D eigenvalue weighted by Crippen LogP contribution is 2.23. The molecule has 40 heavy (non-hydrogen) atoms. The van der Waals surface area contributed by atoms with Crippen LogP contribution in [0.25, 0.3) is 0 Å². The first-order chi connectivity index (χ1) is 19.1. The van der Waals surface area contributed by atoms with E-state index in [1.807, 2.05) is 20.8 Å². The van der Waals surface area contributed by atoms with Gasteiger partial charge in [0.15, 0.2) is 0 Å². The van der Waals surface area contributed by atoms with E-state index in [0.29, 0.717) is 35.7 Å². The summed E-state index contributed by atoms with van der Waals surface area (Å²) in [5.74, 6) is -1.40. The number of hydrogen-bond donors (Lipinski definition) is 3. The Morgan fingerprint density at radius 3 is 2.27 bits per heavy atom. The van der Waals surface area contributed by atoms with Crippen molar-refractivity contribution in [1.29, 1.82) is 0 Å². The highest BCUT2D eigenvalue weighted by atomic mass is 19.1. The maximum atomic E-state index is 13.9. The summed E-state index contributed by atoms with van der Waals surface area (Å²) in [5.41, 5.74) is 1.83. The zero-order valence-electron chi connectivity index (χ0n) is 24.3. The smallest absolute Gasteiger partial charge is 0.253 e. The van der Waals surface area contributed by atoms with Crippen LogP contribution in [0.1, 0.15) is 91.1 Å². The van der Waals surface area contributed by atoms with E-state index in [0.717, 1.165) is 43.7 Å². The number of benzene rings is 2. The van der Waals surface area contributed by atoms with Crippen LogP contribution >= 0.6 is 0 Å². The Hall–Kier alpha value is -2.84. The average molecular weight is 558 g/mol. The molecule has 2 unspecified atom stereocenters. The number of nitrogens with one attached hydrogen (secondary N) is 2. The first kappa shape index (κ1) is 31.7. The van der Waals surface area contributed by atoms with E-state index in [9.17, 15) is 23.5 Å². The summed E-state index contributed by atoms with van der Waals surface area (Å²) in [6.45, 7) is 9.58. The molecule has 1 saturated carbocycles. The average Bonchev–Trinajstić information content (AvgIpc) is 2.90. The maximum absolute atomic E-state index is 13.9. The Bertz CT molecular complexity index is 1120. The molecule has 0 aliphatic heterocycles. The minimum absolute atomic E-state index is 0.0444. The molecular weight excluding hydrogens is 512 g/mol. The summed E-state index contributed by atoms with van der Waals surface area (Å²) in [6, 6.07) is 7.74. The largest absolute Gasteiger partial charge is 0.390 e. The van der Waals surface area contributed by atoms with E-state index in [4.69, 9.17) is 0 Å². The second-order valence-corrected chi connectivity index (χ2v) is 11.4. The van der Waals surface area contributed by atoms with E-state index in [2.05, 4.69) is 17.6 Å². The minimum atomic E-state index is -0.997. The fraction of sp³-hybridized carbons (Fsp3) is 0.562. The van der Waals surface area contributed by atoms with Crippen LogP contribution in [0.3, 0.4) is 0 Å². The van der Waals surface area contributed by atoms with Crippen LogP contribution in [0.2, 0.25) is 0 Å². The van der Waals surface area contributed by atoms with Crippen LogP contribution in [-0.2, 0) is 6.42 Å². The monoisotopic (exact) mass is 557 g/mol. The number of nitrogens with zero attached hydrogens (tertiary/aromatic N) is 1. The zero-order chi connectivity index (χ0) is 29.2. The number of aliphatic hydroxyl groups excluding tert-OH is 1. The molecule has 8 heteroatoms. The van der Waals surface area contributed by atoms with Crippen molar-refractivity contribution >= 4 is 11.8 Å². The number of carbonyl (C=O) groups is 2. The molecule has 0 bridgehead atoms. The number of aliphatic hydroxyl groups is 1. The SMILES string of the molecule is CCCN(CCC)C(=O)c1cc(C)cc(C(=O)N[C@@H](Cc2cc(F)cc(F)c2)[C@H](O)CNC2CCCC(C)C2)c1. The highest BCUT2D eigenvalue weighted by molar-refractivity contribution is 6.00. The van der Waals surface area contributed by atoms with E-state index in [1.165, 1.54) is 18.6 Å². The lowest BCUT2D eigenvalue weighted by Gasteiger charge is -2.30. The summed E-state index contributed by atoms with van der Waals surface area (Å²) in [5, 5.41) is 17.5. The number of halogens is 2. The Morgan fingerprint density at radius 2 is 1.65 bits per heavy atom. The summed E-state index contributed by atoms with van der Waals surface area (Å²) in [7, 11) is 0. The number of hydrogen-bond acceptors (Lipinski definition) is 4. The molecule has 0 spiro atoms. The molecule has 2 aromatic carbocycles. The third-order valence-corrected chi connectivity index (χ3v) is 7.57. The van der Waals surface area contributed by atoms with Gasteiger partial charge < -0.3 is 20.6 Å². The van der Waals surface area contributed by atoms with Gasteiger partial charge in [-0.25, -0.2) is 8.78 Å². The Morgan fingerprint density at radius 1 is 1.00 bits per heavy atom. The van der Waals surface area contributed by atoms with Gasteiger partial charge in [0.2, 0.25) is 0 Å². The number of rotatable bonds is 13. The maximum Gasteiger partial charge on any atom is 0.253 e. The number of amides is 2. The third kappa shape index (κ3) is 9.37. The van der Waals surface area contributed by atoms with Crippen LogP contribution < -0.4 is 10.6 Å². The Kier molecular flexibility index (Phi) is 12.1. The van der Waals surface area contributed by atoms with Crippen molar-refractivity contribution in [3.05, 3.63) is 70.3 Å². The van der Waals surface area contributed by atoms with Crippen LogP contribution in [0.5, 0.6) is 0 Å². The van der Waals surface area contributed by atoms with Gasteiger partial charge in [-0.3, -0.25) is 9.59 Å². The fourth-order valence-corrected chi connectivity index (χ4v) is 5.64. The minimum Gasteiger partial charge on any atom is -0.390 e. The topological polar surface area (TPSA) is 81.7 Å². The van der Waals surface area contributed by atoms with Gasteiger partial charge in [0.05, 0.1) is 12.1 Å². The Balaban J connectivity index is 1.80. The van der Waals surface area contributed by atoms with Crippen LogP contribution in [0.15, 0.2) is 36.4 Å². The van der Waals surface area contributed by atoms with Crippen LogP contribution in [0, 0.1) is 24.5 Å². The van der Waals surface area contributed by atoms with Gasteiger partial charge >= 0.3 is 0 Å². The highest BCUT2D eigenvalue weighted by Gasteiger charge is 2.26. The Labute approximate surface area is 237 Å². The van der Waals surface area contributed by atoms with E-state index < -0.39 is 29.7 Å². The van der Waals surface area contributed by atoms with Gasteiger partial charge in [0.1, 0.15) is 11.6 Å². The van der Waals surface area contributed by atoms with Crippen molar-refractivity contribution in [1.82, 2.24) is 15.5 Å². The van der Waals surface area contributed by atoms with E-state index >= 15 is 0 Å². The molecule has 2 amide bonds. The van der Waals surface area contributed by atoms with Crippen molar-refractivity contribution in [2.24, 2.45) is 5.92 Å². The van der Waals surface area contributed by atoms with Gasteiger partial charge in [-0.1, -0.05) is 33.6 Å². The molecule has 1 aliphatic carbocycles. The van der Waals surface area contributed by atoms with Crippen molar-refractivity contribution in [3.8, 4) is 0 Å². The summed E-state index contributed by atoms with van der Waals surface area (Å²) < 4.78 is 27.9. The predicted octanol–water partition coefficient (Wildman–Crippen LogP) is 5.41. The van der Waals surface area contributed by atoms with Crippen molar-refractivity contribution in [2.45, 2.75) is 90.8 Å². The van der Waals surface area contributed by atoms with Gasteiger partial charge in [-0.15, -0.1) is 0 Å².